The summed E-state index contributed by atoms with van der Waals surface area (Å²) in [7, 11) is -3.47. The van der Waals surface area contributed by atoms with Crippen LogP contribution in [-0.4, -0.2) is 58.7 Å². The molecular formula is C19H24N6O2S. The number of rotatable bonds is 5. The first kappa shape index (κ1) is 18.8. The summed E-state index contributed by atoms with van der Waals surface area (Å²) in [6, 6.07) is 9.20. The Morgan fingerprint density at radius 3 is 2.43 bits per heavy atom. The predicted molar refractivity (Wildman–Crippen MR) is 107 cm³/mol. The molecule has 1 aliphatic rings. The van der Waals surface area contributed by atoms with Crippen molar-refractivity contribution in [2.45, 2.75) is 31.6 Å². The first-order valence-corrected chi connectivity index (χ1v) is 10.9. The van der Waals surface area contributed by atoms with E-state index in [-0.39, 0.29) is 0 Å². The Bertz CT molecular complexity index is 1070. The maximum atomic E-state index is 13.0. The molecule has 0 bridgehead atoms. The average molecular weight is 401 g/mol. The number of sulfonamides is 1. The van der Waals surface area contributed by atoms with Gasteiger partial charge in [0.25, 0.3) is 0 Å². The van der Waals surface area contributed by atoms with Gasteiger partial charge in [0.2, 0.25) is 10.0 Å². The third-order valence-electron chi connectivity index (χ3n) is 5.11. The van der Waals surface area contributed by atoms with E-state index in [9.17, 15) is 8.42 Å². The maximum absolute atomic E-state index is 13.0. The second-order valence-corrected chi connectivity index (χ2v) is 8.95. The SMILES string of the molecule is CCCc1ccc(S(=O)(=O)N2CCN(c3cnn4c(C)nnc4c3)CC2)cc1. The predicted octanol–water partition coefficient (Wildman–Crippen LogP) is 1.90. The van der Waals surface area contributed by atoms with Gasteiger partial charge < -0.3 is 4.90 Å². The fourth-order valence-electron chi connectivity index (χ4n) is 3.52. The highest BCUT2D eigenvalue weighted by atomic mass is 32.2. The van der Waals surface area contributed by atoms with Crippen LogP contribution in [0.15, 0.2) is 41.4 Å². The second-order valence-electron chi connectivity index (χ2n) is 7.02. The number of fused-ring (bicyclic) bond motifs is 1. The van der Waals surface area contributed by atoms with E-state index in [0.717, 1.165) is 29.9 Å². The molecule has 1 aromatic carbocycles. The molecule has 148 valence electrons. The van der Waals surface area contributed by atoms with Crippen LogP contribution in [0.25, 0.3) is 5.65 Å². The molecule has 9 heteroatoms. The van der Waals surface area contributed by atoms with Gasteiger partial charge in [-0.2, -0.15) is 13.9 Å². The molecule has 0 saturated carbocycles. The van der Waals surface area contributed by atoms with Gasteiger partial charge in [-0.25, -0.2) is 8.42 Å². The number of aromatic nitrogens is 4. The number of hydrogen-bond acceptors (Lipinski definition) is 6. The highest BCUT2D eigenvalue weighted by Crippen LogP contribution is 2.22. The van der Waals surface area contributed by atoms with Crippen LogP contribution in [0.2, 0.25) is 0 Å². The van der Waals surface area contributed by atoms with Crippen LogP contribution in [0.1, 0.15) is 24.7 Å². The highest BCUT2D eigenvalue weighted by Gasteiger charge is 2.28. The van der Waals surface area contributed by atoms with E-state index >= 15 is 0 Å². The van der Waals surface area contributed by atoms with Crippen molar-refractivity contribution in [2.24, 2.45) is 0 Å². The Balaban J connectivity index is 1.46. The summed E-state index contributed by atoms with van der Waals surface area (Å²) in [6.45, 7) is 6.06. The molecule has 0 N–H and O–H groups in total. The Labute approximate surface area is 164 Å². The van der Waals surface area contributed by atoms with Crippen molar-refractivity contribution in [2.75, 3.05) is 31.1 Å². The average Bonchev–Trinajstić information content (AvgIpc) is 3.09. The molecule has 0 spiro atoms. The van der Waals surface area contributed by atoms with Crippen LogP contribution < -0.4 is 4.90 Å². The van der Waals surface area contributed by atoms with E-state index < -0.39 is 10.0 Å². The topological polar surface area (TPSA) is 83.7 Å². The van der Waals surface area contributed by atoms with Crippen molar-refractivity contribution < 1.29 is 8.42 Å². The monoisotopic (exact) mass is 400 g/mol. The summed E-state index contributed by atoms with van der Waals surface area (Å²) < 4.78 is 29.1. The van der Waals surface area contributed by atoms with Crippen molar-refractivity contribution in [3.63, 3.8) is 0 Å². The summed E-state index contributed by atoms with van der Waals surface area (Å²) in [6.07, 6.45) is 3.78. The van der Waals surface area contributed by atoms with Crippen LogP contribution in [0.3, 0.4) is 0 Å². The first-order valence-electron chi connectivity index (χ1n) is 9.51. The standard InChI is InChI=1S/C19H24N6O2S/c1-3-4-16-5-7-18(8-6-16)28(26,27)24-11-9-23(10-12-24)17-13-19-22-21-15(2)25(19)20-14-17/h5-8,13-14H,3-4,9-12H2,1-2H3. The third kappa shape index (κ3) is 3.47. The minimum Gasteiger partial charge on any atom is -0.367 e. The van der Waals surface area contributed by atoms with Crippen molar-refractivity contribution in [1.82, 2.24) is 24.1 Å². The van der Waals surface area contributed by atoms with E-state index in [1.54, 1.807) is 27.2 Å². The van der Waals surface area contributed by atoms with E-state index in [1.165, 1.54) is 0 Å². The van der Waals surface area contributed by atoms with Crippen LogP contribution in [-0.2, 0) is 16.4 Å². The zero-order valence-corrected chi connectivity index (χ0v) is 16.9. The molecule has 28 heavy (non-hydrogen) atoms. The molecule has 0 aliphatic carbocycles. The number of anilines is 1. The number of benzene rings is 1. The van der Waals surface area contributed by atoms with Crippen molar-refractivity contribution in [1.29, 1.82) is 0 Å². The fraction of sp³-hybridized carbons (Fsp3) is 0.421. The molecule has 2 aromatic heterocycles. The summed E-state index contributed by atoms with van der Waals surface area (Å²) >= 11 is 0. The zero-order chi connectivity index (χ0) is 19.7. The minimum absolute atomic E-state index is 0.364. The highest BCUT2D eigenvalue weighted by molar-refractivity contribution is 7.89. The summed E-state index contributed by atoms with van der Waals surface area (Å²) in [5, 5.41) is 12.5. The van der Waals surface area contributed by atoms with Crippen molar-refractivity contribution >= 4 is 21.4 Å². The van der Waals surface area contributed by atoms with Gasteiger partial charge in [-0.1, -0.05) is 25.5 Å². The molecule has 3 aromatic rings. The quantitative estimate of drug-likeness (QED) is 0.650. The van der Waals surface area contributed by atoms with E-state index in [1.807, 2.05) is 25.1 Å². The summed E-state index contributed by atoms with van der Waals surface area (Å²) in [5.41, 5.74) is 2.79. The Kier molecular flexibility index (Phi) is 5.03. The molecule has 0 unspecified atom stereocenters. The third-order valence-corrected chi connectivity index (χ3v) is 7.02. The van der Waals surface area contributed by atoms with Gasteiger partial charge in [0.05, 0.1) is 16.8 Å². The molecule has 8 nitrogen and oxygen atoms in total. The van der Waals surface area contributed by atoms with Crippen LogP contribution in [0.4, 0.5) is 5.69 Å². The zero-order valence-electron chi connectivity index (χ0n) is 16.1. The first-order chi connectivity index (χ1) is 13.5. The van der Waals surface area contributed by atoms with Gasteiger partial charge in [0.15, 0.2) is 11.5 Å². The normalized spacial score (nSPS) is 16.0. The van der Waals surface area contributed by atoms with Crippen molar-refractivity contribution in [3.05, 3.63) is 47.9 Å². The van der Waals surface area contributed by atoms with E-state index in [0.29, 0.717) is 36.7 Å². The smallest absolute Gasteiger partial charge is 0.243 e. The van der Waals surface area contributed by atoms with Gasteiger partial charge in [-0.05, 0) is 31.0 Å². The number of hydrogen-bond donors (Lipinski definition) is 0. The molecule has 0 atom stereocenters. The molecule has 0 radical (unpaired) electrons. The summed E-state index contributed by atoms with van der Waals surface area (Å²) in [4.78, 5) is 2.50. The van der Waals surface area contributed by atoms with Crippen molar-refractivity contribution in [3.8, 4) is 0 Å². The minimum atomic E-state index is -3.47. The lowest BCUT2D eigenvalue weighted by atomic mass is 10.1. The Morgan fingerprint density at radius 2 is 1.75 bits per heavy atom. The van der Waals surface area contributed by atoms with Gasteiger partial charge in [-0.15, -0.1) is 10.2 Å². The molecule has 1 fully saturated rings. The number of nitrogens with zero attached hydrogens (tertiary/aromatic N) is 6. The lowest BCUT2D eigenvalue weighted by Crippen LogP contribution is -2.48. The molecule has 3 heterocycles. The lowest BCUT2D eigenvalue weighted by Gasteiger charge is -2.35. The second kappa shape index (κ2) is 7.48. The summed E-state index contributed by atoms with van der Waals surface area (Å²) in [5.74, 6) is 0.738. The van der Waals surface area contributed by atoms with Crippen LogP contribution in [0.5, 0.6) is 0 Å². The Morgan fingerprint density at radius 1 is 1.04 bits per heavy atom. The Hall–Kier alpha value is -2.52. The fourth-order valence-corrected chi connectivity index (χ4v) is 4.94. The molecular weight excluding hydrogens is 376 g/mol. The molecule has 1 aliphatic heterocycles. The van der Waals surface area contributed by atoms with E-state index in [2.05, 4.69) is 27.1 Å². The largest absolute Gasteiger partial charge is 0.367 e. The molecule has 1 saturated heterocycles. The van der Waals surface area contributed by atoms with E-state index in [4.69, 9.17) is 0 Å². The van der Waals surface area contributed by atoms with Crippen LogP contribution >= 0.6 is 0 Å². The lowest BCUT2D eigenvalue weighted by molar-refractivity contribution is 0.384. The number of aryl methyl sites for hydroxylation is 2. The molecule has 0 amide bonds. The van der Waals surface area contributed by atoms with Gasteiger partial charge >= 0.3 is 0 Å². The van der Waals surface area contributed by atoms with Gasteiger partial charge in [-0.3, -0.25) is 0 Å². The maximum Gasteiger partial charge on any atom is 0.243 e. The molecule has 4 rings (SSSR count). The van der Waals surface area contributed by atoms with Gasteiger partial charge in [0, 0.05) is 32.2 Å². The van der Waals surface area contributed by atoms with Crippen LogP contribution in [0, 0.1) is 6.92 Å². The van der Waals surface area contributed by atoms with Gasteiger partial charge in [0.1, 0.15) is 0 Å². The number of piperazine rings is 1.